The van der Waals surface area contributed by atoms with Crippen LogP contribution in [-0.2, 0) is 9.53 Å². The first-order valence-corrected chi connectivity index (χ1v) is 5.13. The second-order valence-electron chi connectivity index (χ2n) is 3.98. The van der Waals surface area contributed by atoms with E-state index < -0.39 is 23.7 Å². The highest BCUT2D eigenvalue weighted by Gasteiger charge is 2.24. The van der Waals surface area contributed by atoms with Crippen molar-refractivity contribution in [2.24, 2.45) is 0 Å². The SMILES string of the molecule is COC(=O)C(O)c1cc(C(C)C)c(F)cc1F. The lowest BCUT2D eigenvalue weighted by Gasteiger charge is -2.14. The molecule has 0 aliphatic carbocycles. The van der Waals surface area contributed by atoms with E-state index in [-0.39, 0.29) is 17.0 Å². The van der Waals surface area contributed by atoms with Crippen molar-refractivity contribution in [3.05, 3.63) is 34.9 Å². The lowest BCUT2D eigenvalue weighted by molar-refractivity contribution is -0.150. The minimum Gasteiger partial charge on any atom is -0.467 e. The predicted octanol–water partition coefficient (Wildman–Crippen LogP) is 2.29. The van der Waals surface area contributed by atoms with Crippen molar-refractivity contribution in [3.63, 3.8) is 0 Å². The molecule has 0 radical (unpaired) electrons. The maximum atomic E-state index is 13.4. The number of aliphatic hydroxyl groups excluding tert-OH is 1. The fourth-order valence-corrected chi connectivity index (χ4v) is 1.47. The van der Waals surface area contributed by atoms with E-state index in [0.29, 0.717) is 6.07 Å². The molecule has 0 saturated heterocycles. The van der Waals surface area contributed by atoms with Crippen molar-refractivity contribution in [2.75, 3.05) is 7.11 Å². The Bertz CT molecular complexity index is 430. The van der Waals surface area contributed by atoms with Crippen molar-refractivity contribution < 1.29 is 23.4 Å². The third-order valence-electron chi connectivity index (χ3n) is 2.46. The topological polar surface area (TPSA) is 46.5 Å². The summed E-state index contributed by atoms with van der Waals surface area (Å²) < 4.78 is 31.1. The predicted molar refractivity (Wildman–Crippen MR) is 57.4 cm³/mol. The highest BCUT2D eigenvalue weighted by molar-refractivity contribution is 5.76. The van der Waals surface area contributed by atoms with Crippen LogP contribution in [0.15, 0.2) is 12.1 Å². The highest BCUT2D eigenvalue weighted by atomic mass is 19.1. The van der Waals surface area contributed by atoms with Crippen LogP contribution in [0.4, 0.5) is 8.78 Å². The molecule has 0 heterocycles. The van der Waals surface area contributed by atoms with Crippen molar-refractivity contribution in [1.29, 1.82) is 0 Å². The molecule has 0 bridgehead atoms. The van der Waals surface area contributed by atoms with E-state index in [1.54, 1.807) is 13.8 Å². The van der Waals surface area contributed by atoms with Gasteiger partial charge in [0, 0.05) is 11.6 Å². The van der Waals surface area contributed by atoms with Gasteiger partial charge >= 0.3 is 5.97 Å². The van der Waals surface area contributed by atoms with Gasteiger partial charge in [-0.2, -0.15) is 0 Å². The van der Waals surface area contributed by atoms with E-state index in [4.69, 9.17) is 0 Å². The fourth-order valence-electron chi connectivity index (χ4n) is 1.47. The fraction of sp³-hybridized carbons (Fsp3) is 0.417. The summed E-state index contributed by atoms with van der Waals surface area (Å²) in [4.78, 5) is 11.1. The number of hydrogen-bond acceptors (Lipinski definition) is 3. The summed E-state index contributed by atoms with van der Waals surface area (Å²) in [7, 11) is 1.08. The molecule has 0 aromatic heterocycles. The van der Waals surface area contributed by atoms with Gasteiger partial charge in [-0.15, -0.1) is 0 Å². The van der Waals surface area contributed by atoms with Crippen LogP contribution < -0.4 is 0 Å². The van der Waals surface area contributed by atoms with Gasteiger partial charge in [0.05, 0.1) is 7.11 Å². The van der Waals surface area contributed by atoms with Crippen LogP contribution in [0.2, 0.25) is 0 Å². The Labute approximate surface area is 98.0 Å². The van der Waals surface area contributed by atoms with Gasteiger partial charge in [-0.05, 0) is 17.5 Å². The molecule has 1 aromatic rings. The molecule has 0 fully saturated rings. The van der Waals surface area contributed by atoms with Crippen LogP contribution >= 0.6 is 0 Å². The minimum atomic E-state index is -1.74. The molecule has 1 aromatic carbocycles. The van der Waals surface area contributed by atoms with E-state index in [1.165, 1.54) is 0 Å². The average molecular weight is 244 g/mol. The number of methoxy groups -OCH3 is 1. The molecule has 0 amide bonds. The second kappa shape index (κ2) is 5.23. The molecule has 0 aliphatic rings. The summed E-state index contributed by atoms with van der Waals surface area (Å²) in [5.74, 6) is -2.83. The molecule has 5 heteroatoms. The third kappa shape index (κ3) is 2.79. The summed E-state index contributed by atoms with van der Waals surface area (Å²) >= 11 is 0. The molecule has 0 aliphatic heterocycles. The highest BCUT2D eigenvalue weighted by Crippen LogP contribution is 2.26. The molecule has 3 nitrogen and oxygen atoms in total. The first-order valence-electron chi connectivity index (χ1n) is 5.13. The average Bonchev–Trinajstić information content (AvgIpc) is 2.26. The Hall–Kier alpha value is -1.49. The number of rotatable bonds is 3. The van der Waals surface area contributed by atoms with E-state index in [1.807, 2.05) is 0 Å². The van der Waals surface area contributed by atoms with Gasteiger partial charge in [-0.1, -0.05) is 13.8 Å². The van der Waals surface area contributed by atoms with Crippen LogP contribution in [0.25, 0.3) is 0 Å². The number of carbonyl (C=O) groups excluding carboxylic acids is 1. The smallest absolute Gasteiger partial charge is 0.339 e. The number of esters is 1. The van der Waals surface area contributed by atoms with Crippen LogP contribution in [0, 0.1) is 11.6 Å². The van der Waals surface area contributed by atoms with Gasteiger partial charge in [0.25, 0.3) is 0 Å². The van der Waals surface area contributed by atoms with Crippen LogP contribution in [0.1, 0.15) is 37.0 Å². The standard InChI is InChI=1S/C12H14F2O3/c1-6(2)7-4-8(10(14)5-9(7)13)11(15)12(16)17-3/h4-6,11,15H,1-3H3. The molecule has 0 spiro atoms. The molecule has 1 unspecified atom stereocenters. The van der Waals surface area contributed by atoms with Gasteiger partial charge in [0.2, 0.25) is 0 Å². The quantitative estimate of drug-likeness (QED) is 0.830. The summed E-state index contributed by atoms with van der Waals surface area (Å²) in [6.45, 7) is 3.45. The molecular formula is C12H14F2O3. The third-order valence-corrected chi connectivity index (χ3v) is 2.46. The zero-order valence-electron chi connectivity index (χ0n) is 9.83. The normalized spacial score (nSPS) is 12.6. The number of ether oxygens (including phenoxy) is 1. The van der Waals surface area contributed by atoms with Gasteiger partial charge in [0.1, 0.15) is 11.6 Å². The number of halogens is 2. The van der Waals surface area contributed by atoms with E-state index in [2.05, 4.69) is 4.74 Å². The summed E-state index contributed by atoms with van der Waals surface area (Å²) in [6, 6.07) is 1.81. The zero-order chi connectivity index (χ0) is 13.2. The van der Waals surface area contributed by atoms with Gasteiger partial charge in [0.15, 0.2) is 6.10 Å². The largest absolute Gasteiger partial charge is 0.467 e. The van der Waals surface area contributed by atoms with E-state index in [9.17, 15) is 18.7 Å². The first-order chi connectivity index (χ1) is 7.88. The van der Waals surface area contributed by atoms with Gasteiger partial charge in [-0.3, -0.25) is 0 Å². The van der Waals surface area contributed by atoms with Crippen molar-refractivity contribution in [3.8, 4) is 0 Å². The summed E-state index contributed by atoms with van der Waals surface area (Å²) in [5, 5.41) is 9.53. The Morgan fingerprint density at radius 3 is 2.24 bits per heavy atom. The number of carbonyl (C=O) groups is 1. The lowest BCUT2D eigenvalue weighted by atomic mass is 9.97. The van der Waals surface area contributed by atoms with Crippen molar-refractivity contribution in [2.45, 2.75) is 25.9 Å². The molecule has 1 N–H and O–H groups in total. The monoisotopic (exact) mass is 244 g/mol. The Morgan fingerprint density at radius 2 is 1.76 bits per heavy atom. The Morgan fingerprint density at radius 1 is 1.24 bits per heavy atom. The molecular weight excluding hydrogens is 230 g/mol. The molecule has 17 heavy (non-hydrogen) atoms. The van der Waals surface area contributed by atoms with Gasteiger partial charge < -0.3 is 9.84 Å². The Kier molecular flexibility index (Phi) is 4.17. The summed E-state index contributed by atoms with van der Waals surface area (Å²) in [5.41, 5.74) is -0.0358. The molecule has 0 saturated carbocycles. The van der Waals surface area contributed by atoms with Crippen LogP contribution in [-0.4, -0.2) is 18.2 Å². The Balaban J connectivity index is 3.24. The number of benzene rings is 1. The lowest BCUT2D eigenvalue weighted by Crippen LogP contribution is -2.16. The number of hydrogen-bond donors (Lipinski definition) is 1. The first kappa shape index (κ1) is 13.6. The van der Waals surface area contributed by atoms with Gasteiger partial charge in [-0.25, -0.2) is 13.6 Å². The summed E-state index contributed by atoms with van der Waals surface area (Å²) in [6.07, 6.45) is -1.74. The maximum absolute atomic E-state index is 13.4. The number of aliphatic hydroxyl groups is 1. The molecule has 1 atom stereocenters. The van der Waals surface area contributed by atoms with Crippen LogP contribution in [0.3, 0.4) is 0 Å². The van der Waals surface area contributed by atoms with Crippen molar-refractivity contribution in [1.82, 2.24) is 0 Å². The molecule has 94 valence electrons. The minimum absolute atomic E-state index is 0.181. The molecule has 1 rings (SSSR count). The van der Waals surface area contributed by atoms with Crippen LogP contribution in [0.5, 0.6) is 0 Å². The maximum Gasteiger partial charge on any atom is 0.339 e. The zero-order valence-corrected chi connectivity index (χ0v) is 9.83. The second-order valence-corrected chi connectivity index (χ2v) is 3.98. The van der Waals surface area contributed by atoms with E-state index >= 15 is 0 Å². The van der Waals surface area contributed by atoms with E-state index in [0.717, 1.165) is 13.2 Å². The van der Waals surface area contributed by atoms with Crippen molar-refractivity contribution >= 4 is 5.97 Å².